The first-order valence-corrected chi connectivity index (χ1v) is 9.35. The summed E-state index contributed by atoms with van der Waals surface area (Å²) in [4.78, 5) is 8.58. The Bertz CT molecular complexity index is 1090. The van der Waals surface area contributed by atoms with E-state index in [2.05, 4.69) is 20.6 Å². The van der Waals surface area contributed by atoms with E-state index in [0.717, 1.165) is 0 Å². The van der Waals surface area contributed by atoms with Gasteiger partial charge in [0.1, 0.15) is 34.6 Å². The van der Waals surface area contributed by atoms with Gasteiger partial charge >= 0.3 is 0 Å². The number of hydrogen-bond acceptors (Lipinski definition) is 9. The summed E-state index contributed by atoms with van der Waals surface area (Å²) in [5, 5.41) is 15.7. The van der Waals surface area contributed by atoms with E-state index in [0.29, 0.717) is 34.4 Å². The van der Waals surface area contributed by atoms with Gasteiger partial charge in [-0.25, -0.2) is 0 Å². The lowest BCUT2D eigenvalue weighted by atomic mass is 10.2. The number of aromatic nitrogens is 2. The predicted molar refractivity (Wildman–Crippen MR) is 117 cm³/mol. The molecule has 0 amide bonds. The molecule has 31 heavy (non-hydrogen) atoms. The van der Waals surface area contributed by atoms with Gasteiger partial charge < -0.3 is 29.6 Å². The molecular weight excluding hydrogens is 422 g/mol. The third-order valence-corrected chi connectivity index (χ3v) is 4.47. The summed E-state index contributed by atoms with van der Waals surface area (Å²) in [6.45, 7) is 0. The van der Waals surface area contributed by atoms with Crippen LogP contribution in [0.3, 0.4) is 0 Å². The van der Waals surface area contributed by atoms with E-state index in [1.165, 1.54) is 0 Å². The quantitative estimate of drug-likeness (QED) is 0.487. The lowest BCUT2D eigenvalue weighted by Gasteiger charge is -2.14. The first-order valence-electron chi connectivity index (χ1n) is 8.97. The van der Waals surface area contributed by atoms with Crippen LogP contribution in [0.15, 0.2) is 36.4 Å². The lowest BCUT2D eigenvalue weighted by molar-refractivity contribution is 0.394. The summed E-state index contributed by atoms with van der Waals surface area (Å²) in [5.41, 5.74) is 1.31. The molecule has 2 N–H and O–H groups in total. The Morgan fingerprint density at radius 3 is 1.61 bits per heavy atom. The van der Waals surface area contributed by atoms with Crippen LogP contribution in [0.1, 0.15) is 5.56 Å². The maximum atomic E-state index is 9.54. The van der Waals surface area contributed by atoms with Gasteiger partial charge in [-0.3, -0.25) is 0 Å². The molecule has 160 valence electrons. The highest BCUT2D eigenvalue weighted by Crippen LogP contribution is 2.32. The van der Waals surface area contributed by atoms with E-state index in [1.807, 2.05) is 6.07 Å². The van der Waals surface area contributed by atoms with Crippen LogP contribution in [0, 0.1) is 11.3 Å². The zero-order valence-electron chi connectivity index (χ0n) is 17.3. The zero-order chi connectivity index (χ0) is 22.4. The van der Waals surface area contributed by atoms with Gasteiger partial charge in [0.05, 0.1) is 28.4 Å². The first kappa shape index (κ1) is 21.8. The molecule has 10 heteroatoms. The van der Waals surface area contributed by atoms with Gasteiger partial charge in [0.15, 0.2) is 11.0 Å². The number of nitrogens with one attached hydrogen (secondary N) is 2. The highest BCUT2D eigenvalue weighted by Gasteiger charge is 2.15. The molecule has 0 fully saturated rings. The molecule has 1 heterocycles. The number of halogens is 1. The van der Waals surface area contributed by atoms with E-state index >= 15 is 0 Å². The lowest BCUT2D eigenvalue weighted by Crippen LogP contribution is -2.05. The third-order valence-electron chi connectivity index (χ3n) is 4.20. The number of nitrogens with zero attached hydrogens (tertiary/aromatic N) is 3. The van der Waals surface area contributed by atoms with Crippen LogP contribution in [0.25, 0.3) is 0 Å². The van der Waals surface area contributed by atoms with Gasteiger partial charge in [0.2, 0.25) is 5.95 Å². The van der Waals surface area contributed by atoms with Crippen LogP contribution in [-0.4, -0.2) is 38.4 Å². The monoisotopic (exact) mass is 441 g/mol. The minimum absolute atomic E-state index is 0.00720. The summed E-state index contributed by atoms with van der Waals surface area (Å²) >= 11 is 6.25. The highest BCUT2D eigenvalue weighted by molar-refractivity contribution is 6.31. The van der Waals surface area contributed by atoms with Crippen molar-refractivity contribution in [1.29, 1.82) is 5.26 Å². The number of anilines is 4. The van der Waals surface area contributed by atoms with Crippen LogP contribution in [0.5, 0.6) is 23.0 Å². The fourth-order valence-corrected chi connectivity index (χ4v) is 2.92. The zero-order valence-corrected chi connectivity index (χ0v) is 18.1. The molecule has 0 saturated heterocycles. The van der Waals surface area contributed by atoms with Gasteiger partial charge in [0, 0.05) is 47.8 Å². The average Bonchev–Trinajstić information content (AvgIpc) is 2.78. The normalized spacial score (nSPS) is 10.1. The van der Waals surface area contributed by atoms with Crippen LogP contribution in [0.4, 0.5) is 23.1 Å². The van der Waals surface area contributed by atoms with Crippen LogP contribution >= 0.6 is 11.6 Å². The van der Waals surface area contributed by atoms with E-state index < -0.39 is 0 Å². The van der Waals surface area contributed by atoms with Crippen LogP contribution in [-0.2, 0) is 0 Å². The van der Waals surface area contributed by atoms with E-state index in [9.17, 15) is 5.26 Å². The van der Waals surface area contributed by atoms with E-state index in [-0.39, 0.29) is 22.5 Å². The molecule has 0 atom stereocenters. The van der Waals surface area contributed by atoms with Crippen molar-refractivity contribution < 1.29 is 18.9 Å². The molecule has 0 radical (unpaired) electrons. The summed E-state index contributed by atoms with van der Waals surface area (Å²) in [5.74, 6) is 2.71. The fourth-order valence-electron chi connectivity index (χ4n) is 2.70. The van der Waals surface area contributed by atoms with Crippen molar-refractivity contribution in [2.75, 3.05) is 39.1 Å². The molecule has 3 aromatic rings. The van der Waals surface area contributed by atoms with Gasteiger partial charge in [-0.15, -0.1) is 0 Å². The van der Waals surface area contributed by atoms with E-state index in [1.54, 1.807) is 64.8 Å². The number of hydrogen-bond donors (Lipinski definition) is 2. The molecule has 0 aliphatic rings. The Labute approximate surface area is 184 Å². The minimum Gasteiger partial charge on any atom is -0.497 e. The number of methoxy groups -OCH3 is 4. The summed E-state index contributed by atoms with van der Waals surface area (Å²) in [6.07, 6.45) is 0. The number of ether oxygens (including phenoxy) is 4. The molecule has 9 nitrogen and oxygen atoms in total. The Morgan fingerprint density at radius 2 is 1.19 bits per heavy atom. The maximum Gasteiger partial charge on any atom is 0.230 e. The van der Waals surface area contributed by atoms with Crippen molar-refractivity contribution in [1.82, 2.24) is 9.97 Å². The summed E-state index contributed by atoms with van der Waals surface area (Å²) in [7, 11) is 6.20. The van der Waals surface area contributed by atoms with Crippen molar-refractivity contribution in [2.45, 2.75) is 0 Å². The SMILES string of the molecule is COc1cc(Nc2nc(Cl)c(C#N)c(Nc3cc(OC)cc(OC)c3)n2)cc(OC)c1. The summed E-state index contributed by atoms with van der Waals surface area (Å²) in [6, 6.07) is 12.5. The Morgan fingerprint density at radius 1 is 0.742 bits per heavy atom. The molecule has 3 rings (SSSR count). The Balaban J connectivity index is 1.99. The maximum absolute atomic E-state index is 9.54. The standard InChI is InChI=1S/C21H20ClN5O4/c1-28-14-5-12(6-15(9-14)29-2)24-20-18(11-23)19(22)26-21(27-20)25-13-7-16(30-3)10-17(8-13)31-4/h5-10H,1-4H3,(H2,24,25,26,27). The van der Waals surface area contributed by atoms with E-state index in [4.69, 9.17) is 30.5 Å². The second-order valence-electron chi connectivity index (χ2n) is 6.13. The Hall–Kier alpha value is -3.90. The van der Waals surface area contributed by atoms with Crippen LogP contribution < -0.4 is 29.6 Å². The molecule has 1 aromatic heterocycles. The molecule has 0 aliphatic carbocycles. The average molecular weight is 442 g/mol. The third kappa shape index (κ3) is 5.18. The van der Waals surface area contributed by atoms with Gasteiger partial charge in [0.25, 0.3) is 0 Å². The second-order valence-corrected chi connectivity index (χ2v) is 6.48. The molecule has 0 spiro atoms. The second kappa shape index (κ2) is 9.73. The van der Waals surface area contributed by atoms with Crippen molar-refractivity contribution in [3.05, 3.63) is 47.1 Å². The van der Waals surface area contributed by atoms with Gasteiger partial charge in [-0.05, 0) is 0 Å². The largest absolute Gasteiger partial charge is 0.497 e. The molecule has 0 saturated carbocycles. The molecular formula is C21H20ClN5O4. The topological polar surface area (TPSA) is 111 Å². The van der Waals surface area contributed by atoms with Crippen molar-refractivity contribution >= 4 is 34.7 Å². The predicted octanol–water partition coefficient (Wildman–Crippen LogP) is 4.52. The number of benzene rings is 2. The smallest absolute Gasteiger partial charge is 0.230 e. The summed E-state index contributed by atoms with van der Waals surface area (Å²) < 4.78 is 21.1. The fraction of sp³-hybridized carbons (Fsp3) is 0.190. The highest BCUT2D eigenvalue weighted by atomic mass is 35.5. The molecule has 0 unspecified atom stereocenters. The van der Waals surface area contributed by atoms with Crippen molar-refractivity contribution in [3.8, 4) is 29.1 Å². The van der Waals surface area contributed by atoms with Crippen molar-refractivity contribution in [2.24, 2.45) is 0 Å². The first-order chi connectivity index (χ1) is 15.0. The van der Waals surface area contributed by atoms with Crippen LogP contribution in [0.2, 0.25) is 5.15 Å². The Kier molecular flexibility index (Phi) is 6.85. The van der Waals surface area contributed by atoms with Crippen molar-refractivity contribution in [3.63, 3.8) is 0 Å². The minimum atomic E-state index is -0.00720. The number of nitriles is 1. The number of rotatable bonds is 8. The van der Waals surface area contributed by atoms with Gasteiger partial charge in [-0.1, -0.05) is 11.6 Å². The molecule has 2 aromatic carbocycles. The molecule has 0 bridgehead atoms. The molecule has 0 aliphatic heterocycles. The van der Waals surface area contributed by atoms with Gasteiger partial charge in [-0.2, -0.15) is 15.2 Å².